The number of aryl methyl sites for hydroxylation is 1. The SMILES string of the molecule is Cc1cc(Cc2ccc(F)cc2)cc([C@H]2CCCN(C(=O)CN3CCNC(=O)C3)C2)n1. The summed E-state index contributed by atoms with van der Waals surface area (Å²) in [4.78, 5) is 33.0. The zero-order valence-electron chi connectivity index (χ0n) is 17.9. The Morgan fingerprint density at radius 2 is 2.00 bits per heavy atom. The van der Waals surface area contributed by atoms with Crippen molar-refractivity contribution in [3.8, 4) is 0 Å². The highest BCUT2D eigenvalue weighted by Gasteiger charge is 2.28. The van der Waals surface area contributed by atoms with Crippen LogP contribution >= 0.6 is 0 Å². The standard InChI is InChI=1S/C24H29FN4O2/c1-17-11-19(12-18-4-6-21(25)7-5-18)13-22(27-17)20-3-2-9-29(14-20)24(31)16-28-10-8-26-23(30)15-28/h4-7,11,13,20H,2-3,8-10,12,14-16H2,1H3,(H,26,30)/t20-/m0/s1. The molecule has 6 nitrogen and oxygen atoms in total. The van der Waals surface area contributed by atoms with E-state index in [1.807, 2.05) is 28.9 Å². The molecule has 7 heteroatoms. The van der Waals surface area contributed by atoms with Gasteiger partial charge in [-0.2, -0.15) is 0 Å². The van der Waals surface area contributed by atoms with E-state index in [1.165, 1.54) is 12.1 Å². The number of amides is 2. The molecule has 2 fully saturated rings. The molecule has 2 amide bonds. The number of rotatable bonds is 5. The number of hydrogen-bond donors (Lipinski definition) is 1. The van der Waals surface area contributed by atoms with Crippen LogP contribution in [-0.2, 0) is 16.0 Å². The van der Waals surface area contributed by atoms with Gasteiger partial charge in [0.1, 0.15) is 5.82 Å². The summed E-state index contributed by atoms with van der Waals surface area (Å²) in [5.41, 5.74) is 4.19. The van der Waals surface area contributed by atoms with Crippen molar-refractivity contribution in [2.45, 2.75) is 32.1 Å². The summed E-state index contributed by atoms with van der Waals surface area (Å²) in [5, 5.41) is 2.79. The number of piperidine rings is 1. The first kappa shape index (κ1) is 21.4. The quantitative estimate of drug-likeness (QED) is 0.800. The summed E-state index contributed by atoms with van der Waals surface area (Å²) in [6.45, 7) is 5.28. The van der Waals surface area contributed by atoms with Crippen LogP contribution in [-0.4, -0.2) is 65.9 Å². The molecule has 0 spiro atoms. The minimum Gasteiger partial charge on any atom is -0.354 e. The second-order valence-corrected chi connectivity index (χ2v) is 8.58. The highest BCUT2D eigenvalue weighted by Crippen LogP contribution is 2.27. The van der Waals surface area contributed by atoms with Crippen LogP contribution in [0.5, 0.6) is 0 Å². The summed E-state index contributed by atoms with van der Waals surface area (Å²) < 4.78 is 13.2. The Kier molecular flexibility index (Phi) is 6.61. The summed E-state index contributed by atoms with van der Waals surface area (Å²) in [6, 6.07) is 10.8. The number of aromatic nitrogens is 1. The van der Waals surface area contributed by atoms with Crippen molar-refractivity contribution < 1.29 is 14.0 Å². The molecule has 0 bridgehead atoms. The fourth-order valence-electron chi connectivity index (χ4n) is 4.48. The van der Waals surface area contributed by atoms with Crippen molar-refractivity contribution in [1.82, 2.24) is 20.1 Å². The predicted octanol–water partition coefficient (Wildman–Crippen LogP) is 2.26. The molecule has 164 valence electrons. The Bertz CT molecular complexity index is 947. The molecule has 0 radical (unpaired) electrons. The maximum atomic E-state index is 13.2. The second kappa shape index (κ2) is 9.56. The number of benzene rings is 1. The number of piperazine rings is 1. The van der Waals surface area contributed by atoms with Crippen LogP contribution in [0, 0.1) is 12.7 Å². The lowest BCUT2D eigenvalue weighted by Gasteiger charge is -2.35. The van der Waals surface area contributed by atoms with Crippen LogP contribution in [0.1, 0.15) is 41.3 Å². The highest BCUT2D eigenvalue weighted by molar-refractivity contribution is 5.82. The van der Waals surface area contributed by atoms with Gasteiger partial charge in [0.2, 0.25) is 11.8 Å². The Hall–Kier alpha value is -2.80. The lowest BCUT2D eigenvalue weighted by molar-refractivity contribution is -0.135. The molecule has 1 aromatic heterocycles. The van der Waals surface area contributed by atoms with Gasteiger partial charge in [-0.3, -0.25) is 19.5 Å². The first-order valence-electron chi connectivity index (χ1n) is 10.9. The van der Waals surface area contributed by atoms with Crippen LogP contribution in [0.25, 0.3) is 0 Å². The third-order valence-electron chi connectivity index (χ3n) is 6.02. The molecule has 1 atom stereocenters. The fourth-order valence-corrected chi connectivity index (χ4v) is 4.48. The van der Waals surface area contributed by atoms with Gasteiger partial charge in [-0.15, -0.1) is 0 Å². The van der Waals surface area contributed by atoms with E-state index < -0.39 is 0 Å². The van der Waals surface area contributed by atoms with E-state index in [1.54, 1.807) is 0 Å². The largest absolute Gasteiger partial charge is 0.354 e. The lowest BCUT2D eigenvalue weighted by Crippen LogP contribution is -2.52. The van der Waals surface area contributed by atoms with Crippen molar-refractivity contribution >= 4 is 11.8 Å². The number of pyridine rings is 1. The summed E-state index contributed by atoms with van der Waals surface area (Å²) in [5.74, 6) is 0.0357. The Labute approximate surface area is 182 Å². The summed E-state index contributed by atoms with van der Waals surface area (Å²) in [7, 11) is 0. The molecule has 31 heavy (non-hydrogen) atoms. The van der Waals surface area contributed by atoms with E-state index in [4.69, 9.17) is 4.98 Å². The van der Waals surface area contributed by atoms with E-state index in [0.717, 1.165) is 48.3 Å². The van der Waals surface area contributed by atoms with Crippen molar-refractivity contribution in [2.24, 2.45) is 0 Å². The Balaban J connectivity index is 1.42. The normalized spacial score (nSPS) is 19.9. The molecule has 2 aromatic rings. The molecule has 0 saturated carbocycles. The molecule has 2 aliphatic rings. The van der Waals surface area contributed by atoms with Crippen LogP contribution in [0.4, 0.5) is 4.39 Å². The Morgan fingerprint density at radius 1 is 1.19 bits per heavy atom. The van der Waals surface area contributed by atoms with E-state index in [-0.39, 0.29) is 36.6 Å². The number of carbonyl (C=O) groups is 2. The predicted molar refractivity (Wildman–Crippen MR) is 116 cm³/mol. The number of likely N-dealkylation sites (tertiary alicyclic amines) is 1. The molecular formula is C24H29FN4O2. The van der Waals surface area contributed by atoms with Gasteiger partial charge < -0.3 is 10.2 Å². The van der Waals surface area contributed by atoms with Gasteiger partial charge >= 0.3 is 0 Å². The summed E-state index contributed by atoms with van der Waals surface area (Å²) >= 11 is 0. The monoisotopic (exact) mass is 424 g/mol. The summed E-state index contributed by atoms with van der Waals surface area (Å²) in [6.07, 6.45) is 2.67. The average molecular weight is 425 g/mol. The first-order chi connectivity index (χ1) is 15.0. The maximum Gasteiger partial charge on any atom is 0.236 e. The molecule has 2 aliphatic heterocycles. The fraction of sp³-hybridized carbons (Fsp3) is 0.458. The van der Waals surface area contributed by atoms with Crippen LogP contribution in [0.3, 0.4) is 0 Å². The zero-order chi connectivity index (χ0) is 21.8. The molecule has 2 saturated heterocycles. The van der Waals surface area contributed by atoms with Gasteiger partial charge in [-0.1, -0.05) is 12.1 Å². The second-order valence-electron chi connectivity index (χ2n) is 8.58. The van der Waals surface area contributed by atoms with Crippen molar-refractivity contribution in [2.75, 3.05) is 39.3 Å². The average Bonchev–Trinajstić information content (AvgIpc) is 2.75. The molecule has 1 aromatic carbocycles. The number of hydrogen-bond acceptors (Lipinski definition) is 4. The van der Waals surface area contributed by atoms with Crippen molar-refractivity contribution in [1.29, 1.82) is 0 Å². The number of nitrogens with one attached hydrogen (secondary N) is 1. The van der Waals surface area contributed by atoms with E-state index >= 15 is 0 Å². The van der Waals surface area contributed by atoms with Gasteiger partial charge in [0.15, 0.2) is 0 Å². The molecule has 3 heterocycles. The van der Waals surface area contributed by atoms with Gasteiger partial charge in [0.25, 0.3) is 0 Å². The third kappa shape index (κ3) is 5.67. The molecule has 1 N–H and O–H groups in total. The Morgan fingerprint density at radius 3 is 2.77 bits per heavy atom. The molecule has 4 rings (SSSR count). The zero-order valence-corrected chi connectivity index (χ0v) is 17.9. The lowest BCUT2D eigenvalue weighted by atomic mass is 9.92. The smallest absolute Gasteiger partial charge is 0.236 e. The van der Waals surface area contributed by atoms with E-state index in [2.05, 4.69) is 17.4 Å². The minimum absolute atomic E-state index is 0.0202. The number of nitrogens with zero attached hydrogens (tertiary/aromatic N) is 3. The first-order valence-corrected chi connectivity index (χ1v) is 10.9. The van der Waals surface area contributed by atoms with Gasteiger partial charge in [0, 0.05) is 43.5 Å². The van der Waals surface area contributed by atoms with Crippen molar-refractivity contribution in [3.05, 3.63) is 64.7 Å². The van der Waals surface area contributed by atoms with Gasteiger partial charge in [0.05, 0.1) is 13.1 Å². The molecule has 0 unspecified atom stereocenters. The van der Waals surface area contributed by atoms with Crippen LogP contribution in [0.15, 0.2) is 36.4 Å². The highest BCUT2D eigenvalue weighted by atomic mass is 19.1. The van der Waals surface area contributed by atoms with Crippen LogP contribution < -0.4 is 5.32 Å². The van der Waals surface area contributed by atoms with E-state index in [0.29, 0.717) is 19.6 Å². The molecular weight excluding hydrogens is 395 g/mol. The third-order valence-corrected chi connectivity index (χ3v) is 6.02. The topological polar surface area (TPSA) is 65.5 Å². The number of carbonyl (C=O) groups excluding carboxylic acids is 2. The van der Waals surface area contributed by atoms with Gasteiger partial charge in [-0.25, -0.2) is 4.39 Å². The maximum absolute atomic E-state index is 13.2. The van der Waals surface area contributed by atoms with Crippen LogP contribution in [0.2, 0.25) is 0 Å². The minimum atomic E-state index is -0.229. The van der Waals surface area contributed by atoms with Gasteiger partial charge in [-0.05, 0) is 61.6 Å². The van der Waals surface area contributed by atoms with E-state index in [9.17, 15) is 14.0 Å². The number of halogens is 1. The van der Waals surface area contributed by atoms with Crippen molar-refractivity contribution in [3.63, 3.8) is 0 Å². The molecule has 0 aliphatic carbocycles.